The molecule has 1 aromatic carbocycles. The highest BCUT2D eigenvalue weighted by Gasteiger charge is 2.13. The first kappa shape index (κ1) is 14.5. The maximum absolute atomic E-state index is 13.6. The number of hydrogen-bond donors (Lipinski definition) is 3. The van der Waals surface area contributed by atoms with Crippen LogP contribution in [0, 0.1) is 12.7 Å². The number of H-pyrrole nitrogens is 1. The van der Waals surface area contributed by atoms with Crippen LogP contribution in [0.5, 0.6) is 0 Å². The number of nitrogens with two attached hydrogens (primary N) is 2. The zero-order valence-electron chi connectivity index (χ0n) is 11.1. The zero-order valence-corrected chi connectivity index (χ0v) is 11.9. The number of nitrogen functional groups attached to an aromatic ring is 1. The third-order valence-corrected chi connectivity index (χ3v) is 3.69. The molecule has 1 atom stereocenters. The molecule has 5 nitrogen and oxygen atoms in total. The standard InChI is InChI=1S/C13H15FN4OS/c1-6-3-10(8(7(2)15)4-9(6)14)20-13-17-11(16)5-12(19)18-13/h3-5,7H,15H2,1-2H3,(H3,16,17,18,19)/t7-/m1/s1. The number of aryl methyl sites for hydroxylation is 1. The predicted octanol–water partition coefficient (Wildman–Crippen LogP) is 1.97. The number of nitrogens with one attached hydrogen (secondary N) is 1. The van der Waals surface area contributed by atoms with Crippen LogP contribution in [0.3, 0.4) is 0 Å². The maximum atomic E-state index is 13.6. The van der Waals surface area contributed by atoms with Gasteiger partial charge in [-0.05, 0) is 37.1 Å². The van der Waals surface area contributed by atoms with Crippen LogP contribution >= 0.6 is 11.8 Å². The third kappa shape index (κ3) is 3.17. The first-order chi connectivity index (χ1) is 9.36. The molecule has 7 heteroatoms. The second-order valence-electron chi connectivity index (χ2n) is 4.51. The zero-order chi connectivity index (χ0) is 14.9. The van der Waals surface area contributed by atoms with Gasteiger partial charge < -0.3 is 16.5 Å². The Kier molecular flexibility index (Phi) is 4.10. The van der Waals surface area contributed by atoms with E-state index in [1.807, 2.05) is 0 Å². The summed E-state index contributed by atoms with van der Waals surface area (Å²) in [5.41, 5.74) is 12.2. The second kappa shape index (κ2) is 5.64. The van der Waals surface area contributed by atoms with Gasteiger partial charge in [0, 0.05) is 17.0 Å². The Morgan fingerprint density at radius 3 is 2.70 bits per heavy atom. The fourth-order valence-corrected chi connectivity index (χ4v) is 2.83. The van der Waals surface area contributed by atoms with Gasteiger partial charge in [0.15, 0.2) is 5.16 Å². The van der Waals surface area contributed by atoms with Crippen LogP contribution in [0.15, 0.2) is 33.0 Å². The van der Waals surface area contributed by atoms with Crippen LogP contribution in [-0.2, 0) is 0 Å². The Bertz CT molecular complexity index is 699. The number of nitrogens with zero attached hydrogens (tertiary/aromatic N) is 1. The van der Waals surface area contributed by atoms with Crippen molar-refractivity contribution in [3.8, 4) is 0 Å². The van der Waals surface area contributed by atoms with Crippen LogP contribution in [0.25, 0.3) is 0 Å². The summed E-state index contributed by atoms with van der Waals surface area (Å²) in [4.78, 5) is 18.7. The van der Waals surface area contributed by atoms with Gasteiger partial charge in [-0.15, -0.1) is 0 Å². The van der Waals surface area contributed by atoms with E-state index < -0.39 is 0 Å². The summed E-state index contributed by atoms with van der Waals surface area (Å²) < 4.78 is 13.6. The molecule has 0 unspecified atom stereocenters. The Morgan fingerprint density at radius 2 is 2.10 bits per heavy atom. The lowest BCUT2D eigenvalue weighted by Gasteiger charge is -2.13. The smallest absolute Gasteiger partial charge is 0.253 e. The number of aromatic nitrogens is 2. The lowest BCUT2D eigenvalue weighted by Crippen LogP contribution is -2.10. The van der Waals surface area contributed by atoms with Gasteiger partial charge in [-0.1, -0.05) is 11.8 Å². The van der Waals surface area contributed by atoms with Gasteiger partial charge in [0.25, 0.3) is 5.56 Å². The fraction of sp³-hybridized carbons (Fsp3) is 0.231. The summed E-state index contributed by atoms with van der Waals surface area (Å²) in [5, 5.41) is 0.350. The van der Waals surface area contributed by atoms with Crippen molar-refractivity contribution >= 4 is 17.6 Å². The highest BCUT2D eigenvalue weighted by Crippen LogP contribution is 2.32. The molecule has 0 aliphatic carbocycles. The highest BCUT2D eigenvalue weighted by atomic mass is 32.2. The molecule has 0 bridgehead atoms. The monoisotopic (exact) mass is 294 g/mol. The first-order valence-corrected chi connectivity index (χ1v) is 6.79. The summed E-state index contributed by atoms with van der Waals surface area (Å²) in [6.07, 6.45) is 0. The number of hydrogen-bond acceptors (Lipinski definition) is 5. The normalized spacial score (nSPS) is 12.4. The summed E-state index contributed by atoms with van der Waals surface area (Å²) in [5.74, 6) is -0.173. The molecule has 0 fully saturated rings. The van der Waals surface area contributed by atoms with Gasteiger partial charge in [-0.25, -0.2) is 9.37 Å². The molecule has 1 heterocycles. The molecule has 0 aliphatic heterocycles. The van der Waals surface area contributed by atoms with Gasteiger partial charge >= 0.3 is 0 Å². The van der Waals surface area contributed by atoms with Crippen molar-refractivity contribution in [1.29, 1.82) is 0 Å². The Hall–Kier alpha value is -1.86. The van der Waals surface area contributed by atoms with Crippen molar-refractivity contribution in [1.82, 2.24) is 9.97 Å². The predicted molar refractivity (Wildman–Crippen MR) is 77.1 cm³/mol. The van der Waals surface area contributed by atoms with Crippen LogP contribution in [-0.4, -0.2) is 9.97 Å². The lowest BCUT2D eigenvalue weighted by atomic mass is 10.1. The maximum Gasteiger partial charge on any atom is 0.253 e. The molecule has 0 amide bonds. The second-order valence-corrected chi connectivity index (χ2v) is 5.54. The summed E-state index contributed by atoms with van der Waals surface area (Å²) in [7, 11) is 0. The molecule has 0 aliphatic rings. The Morgan fingerprint density at radius 1 is 1.40 bits per heavy atom. The minimum Gasteiger partial charge on any atom is -0.383 e. The van der Waals surface area contributed by atoms with E-state index >= 15 is 0 Å². The van der Waals surface area contributed by atoms with Crippen LogP contribution in [0.2, 0.25) is 0 Å². The van der Waals surface area contributed by atoms with E-state index in [-0.39, 0.29) is 23.2 Å². The fourth-order valence-electron chi connectivity index (χ4n) is 1.72. The molecule has 5 N–H and O–H groups in total. The van der Waals surface area contributed by atoms with Crippen molar-refractivity contribution < 1.29 is 4.39 Å². The quantitative estimate of drug-likeness (QED) is 0.752. The number of aromatic amines is 1. The lowest BCUT2D eigenvalue weighted by molar-refractivity contribution is 0.610. The average molecular weight is 294 g/mol. The van der Waals surface area contributed by atoms with Crippen molar-refractivity contribution in [2.45, 2.75) is 29.9 Å². The number of anilines is 1. The van der Waals surface area contributed by atoms with E-state index in [1.165, 1.54) is 23.9 Å². The summed E-state index contributed by atoms with van der Waals surface area (Å²) in [6.45, 7) is 3.43. The van der Waals surface area contributed by atoms with E-state index in [4.69, 9.17) is 11.5 Å². The van der Waals surface area contributed by atoms with E-state index in [9.17, 15) is 9.18 Å². The van der Waals surface area contributed by atoms with Crippen LogP contribution in [0.4, 0.5) is 10.2 Å². The van der Waals surface area contributed by atoms with E-state index in [2.05, 4.69) is 9.97 Å². The van der Waals surface area contributed by atoms with Gasteiger partial charge in [-0.2, -0.15) is 0 Å². The van der Waals surface area contributed by atoms with Crippen molar-refractivity contribution in [3.05, 3.63) is 45.5 Å². The molecule has 0 radical (unpaired) electrons. The van der Waals surface area contributed by atoms with Crippen molar-refractivity contribution in [3.63, 3.8) is 0 Å². The average Bonchev–Trinajstić information content (AvgIpc) is 2.31. The molecule has 0 spiro atoms. The van der Waals surface area contributed by atoms with E-state index in [0.29, 0.717) is 16.3 Å². The molecular formula is C13H15FN4OS. The summed E-state index contributed by atoms with van der Waals surface area (Å²) in [6, 6.07) is 3.96. The van der Waals surface area contributed by atoms with Gasteiger partial charge in [0.1, 0.15) is 11.6 Å². The third-order valence-electron chi connectivity index (χ3n) is 2.73. The Labute approximate surface area is 119 Å². The molecule has 20 heavy (non-hydrogen) atoms. The highest BCUT2D eigenvalue weighted by molar-refractivity contribution is 7.99. The minimum atomic E-state index is -0.333. The molecule has 1 aromatic heterocycles. The van der Waals surface area contributed by atoms with Gasteiger partial charge in [0.2, 0.25) is 0 Å². The van der Waals surface area contributed by atoms with Gasteiger partial charge in [0.05, 0.1) is 0 Å². The van der Waals surface area contributed by atoms with Crippen molar-refractivity contribution in [2.24, 2.45) is 5.73 Å². The van der Waals surface area contributed by atoms with Crippen LogP contribution in [0.1, 0.15) is 24.1 Å². The van der Waals surface area contributed by atoms with Crippen LogP contribution < -0.4 is 17.0 Å². The topological polar surface area (TPSA) is 97.8 Å². The number of benzene rings is 1. The largest absolute Gasteiger partial charge is 0.383 e. The van der Waals surface area contributed by atoms with E-state index in [0.717, 1.165) is 4.90 Å². The molecule has 0 saturated carbocycles. The van der Waals surface area contributed by atoms with Crippen molar-refractivity contribution in [2.75, 3.05) is 5.73 Å². The van der Waals surface area contributed by atoms with Gasteiger partial charge in [-0.3, -0.25) is 4.79 Å². The molecular weight excluding hydrogens is 279 g/mol. The number of rotatable bonds is 3. The summed E-state index contributed by atoms with van der Waals surface area (Å²) >= 11 is 1.20. The minimum absolute atomic E-state index is 0.137. The van der Waals surface area contributed by atoms with E-state index in [1.54, 1.807) is 19.9 Å². The first-order valence-electron chi connectivity index (χ1n) is 5.97. The molecule has 2 aromatic rings. The SMILES string of the molecule is Cc1cc(Sc2nc(N)cc(=O)[nH]2)c([C@@H](C)N)cc1F. The Balaban J connectivity index is 2.47. The molecule has 0 saturated heterocycles. The molecule has 2 rings (SSSR count). The number of halogens is 1. The molecule has 106 valence electrons.